The number of benzene rings is 1. The average Bonchev–Trinajstić information content (AvgIpc) is 3.15. The van der Waals surface area contributed by atoms with Crippen LogP contribution in [0.4, 0.5) is 0 Å². The van der Waals surface area contributed by atoms with Gasteiger partial charge in [-0.25, -0.2) is 4.98 Å². The molecule has 1 amide bonds. The van der Waals surface area contributed by atoms with Crippen LogP contribution >= 0.6 is 11.3 Å². The molecule has 0 aliphatic carbocycles. The Kier molecular flexibility index (Phi) is 5.89. The molecule has 2 aliphatic rings. The number of amides is 1. The van der Waals surface area contributed by atoms with Crippen molar-refractivity contribution in [3.63, 3.8) is 0 Å². The molecule has 0 N–H and O–H groups in total. The largest absolute Gasteiger partial charge is 0.333 e. The summed E-state index contributed by atoms with van der Waals surface area (Å²) in [5, 5.41) is 3.23. The van der Waals surface area contributed by atoms with Crippen LogP contribution in [-0.2, 0) is 11.3 Å². The zero-order valence-corrected chi connectivity index (χ0v) is 17.0. The Bertz CT molecular complexity index is 760. The van der Waals surface area contributed by atoms with Gasteiger partial charge in [-0.2, -0.15) is 0 Å². The van der Waals surface area contributed by atoms with Gasteiger partial charge in [-0.3, -0.25) is 9.69 Å². The summed E-state index contributed by atoms with van der Waals surface area (Å²) in [4.78, 5) is 22.7. The number of piperidine rings is 2. The molecule has 2 fully saturated rings. The smallest absolute Gasteiger partial charge is 0.227 e. The Morgan fingerprint density at radius 3 is 2.78 bits per heavy atom. The molecule has 0 saturated carbocycles. The predicted molar refractivity (Wildman–Crippen MR) is 110 cm³/mol. The summed E-state index contributed by atoms with van der Waals surface area (Å²) >= 11 is 1.71. The summed E-state index contributed by atoms with van der Waals surface area (Å²) in [6.45, 7) is 5.84. The molecule has 2 atom stereocenters. The molecule has 3 heterocycles. The summed E-state index contributed by atoms with van der Waals surface area (Å²) in [5.74, 6) is 0.481. The van der Waals surface area contributed by atoms with Crippen LogP contribution in [0.1, 0.15) is 54.4 Å². The van der Waals surface area contributed by atoms with E-state index in [1.807, 2.05) is 6.92 Å². The molecule has 144 valence electrons. The van der Waals surface area contributed by atoms with Crippen LogP contribution in [0.3, 0.4) is 0 Å². The first-order valence-corrected chi connectivity index (χ1v) is 11.1. The number of aryl methyl sites for hydroxylation is 1. The Hall–Kier alpha value is -1.72. The zero-order chi connectivity index (χ0) is 18.6. The number of rotatable bonds is 4. The van der Waals surface area contributed by atoms with Crippen LogP contribution in [0.2, 0.25) is 0 Å². The van der Waals surface area contributed by atoms with E-state index in [0.29, 0.717) is 5.91 Å². The van der Waals surface area contributed by atoms with Gasteiger partial charge in [0.15, 0.2) is 0 Å². The highest BCUT2D eigenvalue weighted by atomic mass is 32.1. The maximum atomic E-state index is 13.4. The molecule has 4 rings (SSSR count). The van der Waals surface area contributed by atoms with Gasteiger partial charge in [0.2, 0.25) is 5.91 Å². The lowest BCUT2D eigenvalue weighted by atomic mass is 9.93. The third-order valence-corrected chi connectivity index (χ3v) is 6.88. The van der Waals surface area contributed by atoms with Gasteiger partial charge >= 0.3 is 0 Å². The van der Waals surface area contributed by atoms with Crippen LogP contribution < -0.4 is 0 Å². The van der Waals surface area contributed by atoms with Gasteiger partial charge in [0.1, 0.15) is 5.01 Å². The van der Waals surface area contributed by atoms with Crippen molar-refractivity contribution in [1.29, 1.82) is 0 Å². The van der Waals surface area contributed by atoms with Crippen molar-refractivity contribution < 1.29 is 4.79 Å². The number of carbonyl (C=O) groups is 1. The lowest BCUT2D eigenvalue weighted by molar-refractivity contribution is -0.141. The molecular formula is C22H29N3OS. The minimum Gasteiger partial charge on any atom is -0.333 e. The van der Waals surface area contributed by atoms with Crippen molar-refractivity contribution in [3.05, 3.63) is 52.0 Å². The normalized spacial score (nSPS) is 24.1. The number of hydrogen-bond donors (Lipinski definition) is 0. The quantitative estimate of drug-likeness (QED) is 0.784. The lowest BCUT2D eigenvalue weighted by Crippen LogP contribution is -2.47. The standard InChI is InChI=1S/C22H29N3OS/c1-17-16-27-21(23-17)20-11-5-6-13-25(20)22(26)19-10-7-12-24(15-19)14-18-8-3-2-4-9-18/h2-4,8-9,16,19-20H,5-7,10-15H2,1H3. The summed E-state index contributed by atoms with van der Waals surface area (Å²) in [5.41, 5.74) is 2.40. The first-order valence-electron chi connectivity index (χ1n) is 10.2. The summed E-state index contributed by atoms with van der Waals surface area (Å²) in [6, 6.07) is 10.8. The van der Waals surface area contributed by atoms with Gasteiger partial charge in [-0.05, 0) is 51.1 Å². The van der Waals surface area contributed by atoms with Crippen LogP contribution in [0.15, 0.2) is 35.7 Å². The maximum Gasteiger partial charge on any atom is 0.227 e. The van der Waals surface area contributed by atoms with E-state index in [4.69, 9.17) is 4.98 Å². The van der Waals surface area contributed by atoms with Gasteiger partial charge in [0.25, 0.3) is 0 Å². The molecule has 5 heteroatoms. The monoisotopic (exact) mass is 383 g/mol. The van der Waals surface area contributed by atoms with E-state index in [2.05, 4.69) is 45.5 Å². The minimum atomic E-state index is 0.129. The number of thiazole rings is 1. The number of hydrogen-bond acceptors (Lipinski definition) is 4. The fourth-order valence-corrected chi connectivity index (χ4v) is 5.40. The fourth-order valence-electron chi connectivity index (χ4n) is 4.45. The number of carbonyl (C=O) groups excluding carboxylic acids is 1. The van der Waals surface area contributed by atoms with E-state index in [0.717, 1.165) is 62.6 Å². The van der Waals surface area contributed by atoms with Crippen molar-refractivity contribution in [2.45, 2.75) is 51.6 Å². The van der Waals surface area contributed by atoms with Crippen LogP contribution in [0, 0.1) is 12.8 Å². The molecule has 1 aromatic carbocycles. The maximum absolute atomic E-state index is 13.4. The molecule has 1 aromatic heterocycles. The first kappa shape index (κ1) is 18.6. The molecule has 0 radical (unpaired) electrons. The highest BCUT2D eigenvalue weighted by molar-refractivity contribution is 7.09. The van der Waals surface area contributed by atoms with E-state index in [-0.39, 0.29) is 12.0 Å². The molecule has 2 aromatic rings. The Balaban J connectivity index is 1.44. The van der Waals surface area contributed by atoms with Gasteiger partial charge in [0.05, 0.1) is 12.0 Å². The molecule has 27 heavy (non-hydrogen) atoms. The van der Waals surface area contributed by atoms with Crippen LogP contribution in [0.25, 0.3) is 0 Å². The average molecular weight is 384 g/mol. The lowest BCUT2D eigenvalue weighted by Gasteiger charge is -2.39. The Morgan fingerprint density at radius 2 is 2.00 bits per heavy atom. The van der Waals surface area contributed by atoms with Crippen molar-refractivity contribution in [2.24, 2.45) is 5.92 Å². The van der Waals surface area contributed by atoms with Gasteiger partial charge in [0, 0.05) is 30.7 Å². The summed E-state index contributed by atoms with van der Waals surface area (Å²) < 4.78 is 0. The second-order valence-corrected chi connectivity index (χ2v) is 8.82. The van der Waals surface area contributed by atoms with E-state index < -0.39 is 0 Å². The second-order valence-electron chi connectivity index (χ2n) is 7.93. The van der Waals surface area contributed by atoms with E-state index in [1.165, 1.54) is 12.0 Å². The fraction of sp³-hybridized carbons (Fsp3) is 0.545. The first-order chi connectivity index (χ1) is 13.2. The molecule has 2 aliphatic heterocycles. The third-order valence-electron chi connectivity index (χ3n) is 5.81. The Morgan fingerprint density at radius 1 is 1.15 bits per heavy atom. The summed E-state index contributed by atoms with van der Waals surface area (Å²) in [7, 11) is 0. The van der Waals surface area contributed by atoms with E-state index >= 15 is 0 Å². The SMILES string of the molecule is Cc1csc(C2CCCCN2C(=O)C2CCCN(Cc3ccccc3)C2)n1. The molecular weight excluding hydrogens is 354 g/mol. The number of likely N-dealkylation sites (tertiary alicyclic amines) is 2. The van der Waals surface area contributed by atoms with Gasteiger partial charge in [-0.15, -0.1) is 11.3 Å². The van der Waals surface area contributed by atoms with Crippen molar-refractivity contribution in [2.75, 3.05) is 19.6 Å². The Labute approximate surface area is 166 Å². The van der Waals surface area contributed by atoms with Gasteiger partial charge in [-0.1, -0.05) is 30.3 Å². The molecule has 0 spiro atoms. The predicted octanol–water partition coefficient (Wildman–Crippen LogP) is 4.42. The highest BCUT2D eigenvalue weighted by Crippen LogP contribution is 2.35. The van der Waals surface area contributed by atoms with Crippen molar-refractivity contribution in [3.8, 4) is 0 Å². The third kappa shape index (κ3) is 4.41. The number of aromatic nitrogens is 1. The van der Waals surface area contributed by atoms with Gasteiger partial charge < -0.3 is 4.90 Å². The number of nitrogens with zero attached hydrogens (tertiary/aromatic N) is 3. The second kappa shape index (κ2) is 8.53. The van der Waals surface area contributed by atoms with E-state index in [9.17, 15) is 4.79 Å². The molecule has 0 bridgehead atoms. The van der Waals surface area contributed by atoms with Crippen LogP contribution in [0.5, 0.6) is 0 Å². The van der Waals surface area contributed by atoms with E-state index in [1.54, 1.807) is 11.3 Å². The summed E-state index contributed by atoms with van der Waals surface area (Å²) in [6.07, 6.45) is 5.49. The van der Waals surface area contributed by atoms with Crippen molar-refractivity contribution >= 4 is 17.2 Å². The molecule has 2 unspecified atom stereocenters. The molecule has 4 nitrogen and oxygen atoms in total. The topological polar surface area (TPSA) is 36.4 Å². The van der Waals surface area contributed by atoms with Crippen molar-refractivity contribution in [1.82, 2.24) is 14.8 Å². The minimum absolute atomic E-state index is 0.129. The van der Waals surface area contributed by atoms with Crippen LogP contribution in [-0.4, -0.2) is 40.3 Å². The zero-order valence-electron chi connectivity index (χ0n) is 16.1. The molecule has 2 saturated heterocycles. The highest BCUT2D eigenvalue weighted by Gasteiger charge is 2.35.